The third kappa shape index (κ3) is 7.32. The van der Waals surface area contributed by atoms with Crippen LogP contribution in [0.3, 0.4) is 0 Å². The Bertz CT molecular complexity index is 1300. The molecule has 4 aromatic carbocycles. The van der Waals surface area contributed by atoms with Crippen molar-refractivity contribution in [2.45, 2.75) is 0 Å². The molecule has 2 N–H and O–H groups in total. The fourth-order valence-electron chi connectivity index (χ4n) is 3.44. The second-order valence-electron chi connectivity index (χ2n) is 7.22. The number of pyridine rings is 2. The molecule has 0 aliphatic carbocycles. The van der Waals surface area contributed by atoms with Gasteiger partial charge in [-0.2, -0.15) is 0 Å². The first-order chi connectivity index (χ1) is 17.3. The number of fused-ring (bicyclic) bond motifs is 4. The summed E-state index contributed by atoms with van der Waals surface area (Å²) in [7, 11) is 0. The molecule has 0 spiro atoms. The summed E-state index contributed by atoms with van der Waals surface area (Å²) in [6.07, 6.45) is 0. The van der Waals surface area contributed by atoms with Crippen LogP contribution < -0.4 is 0 Å². The molecule has 10 heteroatoms. The molecule has 6 aromatic rings. The van der Waals surface area contributed by atoms with Crippen molar-refractivity contribution in [1.29, 1.82) is 0 Å². The summed E-state index contributed by atoms with van der Waals surface area (Å²) in [6, 6.07) is 37.1. The Morgan fingerprint density at radius 1 is 0.472 bits per heavy atom. The number of para-hydroxylation sites is 4. The van der Waals surface area contributed by atoms with Crippen LogP contribution in [0.1, 0.15) is 0 Å². The van der Waals surface area contributed by atoms with E-state index in [4.69, 9.17) is 30.6 Å². The summed E-state index contributed by atoms with van der Waals surface area (Å²) in [6.45, 7) is 0. The molecule has 0 fully saturated rings. The van der Waals surface area contributed by atoms with Gasteiger partial charge in [0.05, 0.1) is 22.1 Å². The number of benzene rings is 4. The Morgan fingerprint density at radius 2 is 0.667 bits per heavy atom. The zero-order valence-electron chi connectivity index (χ0n) is 18.7. The van der Waals surface area contributed by atoms with Crippen molar-refractivity contribution in [3.63, 3.8) is 0 Å². The molecule has 36 heavy (non-hydrogen) atoms. The van der Waals surface area contributed by atoms with Crippen LogP contribution in [0.15, 0.2) is 109 Å². The zero-order valence-corrected chi connectivity index (χ0v) is 18.7. The van der Waals surface area contributed by atoms with E-state index in [0.29, 0.717) is 0 Å². The van der Waals surface area contributed by atoms with Gasteiger partial charge >= 0.3 is 0 Å². The van der Waals surface area contributed by atoms with E-state index in [0.717, 1.165) is 22.1 Å². The number of hydrogen-bond donors (Lipinski definition) is 2. The van der Waals surface area contributed by atoms with Crippen LogP contribution in [-0.2, 0) is 0 Å². The van der Waals surface area contributed by atoms with Crippen molar-refractivity contribution in [2.24, 2.45) is 0 Å². The Balaban J connectivity index is 0.000000156. The first-order valence-corrected chi connectivity index (χ1v) is 10.5. The summed E-state index contributed by atoms with van der Waals surface area (Å²) in [5.74, 6) is 0. The summed E-state index contributed by atoms with van der Waals surface area (Å²) >= 11 is 0. The maximum atomic E-state index is 8.36. The highest BCUT2D eigenvalue weighted by Crippen LogP contribution is 2.19. The standard InChI is InChI=1S/2C13H9N.2HNO3/c2*1-3-7-12-10(5-1)9-11-6-2-4-8-13(11)14-12;2*2-1(3)4/h2*1-9H;2*(H,2,3,4). The molecule has 0 bridgehead atoms. The molecule has 0 radical (unpaired) electrons. The minimum Gasteiger partial charge on any atom is -0.328 e. The maximum absolute atomic E-state index is 8.36. The molecule has 180 valence electrons. The van der Waals surface area contributed by atoms with E-state index in [1.54, 1.807) is 0 Å². The zero-order chi connectivity index (χ0) is 25.9. The summed E-state index contributed by atoms with van der Waals surface area (Å²) in [5.41, 5.74) is 4.25. The van der Waals surface area contributed by atoms with Gasteiger partial charge in [-0.3, -0.25) is 0 Å². The molecule has 0 amide bonds. The number of rotatable bonds is 0. The van der Waals surface area contributed by atoms with Crippen LogP contribution in [-0.4, -0.2) is 30.6 Å². The Kier molecular flexibility index (Phi) is 8.55. The van der Waals surface area contributed by atoms with Crippen molar-refractivity contribution in [3.8, 4) is 0 Å². The van der Waals surface area contributed by atoms with Gasteiger partial charge in [0.1, 0.15) is 0 Å². The lowest BCUT2D eigenvalue weighted by Gasteiger charge is -1.99. The molecule has 0 atom stereocenters. The molecule has 2 heterocycles. The quantitative estimate of drug-likeness (QED) is 0.149. The van der Waals surface area contributed by atoms with Crippen LogP contribution >= 0.6 is 0 Å². The van der Waals surface area contributed by atoms with Gasteiger partial charge in [0, 0.05) is 21.5 Å². The lowest BCUT2D eigenvalue weighted by Crippen LogP contribution is -1.81. The topological polar surface area (TPSA) is 153 Å². The number of aromatic nitrogens is 2. The molecule has 0 aliphatic rings. The third-order valence-electron chi connectivity index (χ3n) is 4.85. The van der Waals surface area contributed by atoms with Gasteiger partial charge < -0.3 is 10.4 Å². The fourth-order valence-corrected chi connectivity index (χ4v) is 3.44. The van der Waals surface area contributed by atoms with Crippen LogP contribution in [0.2, 0.25) is 0 Å². The average Bonchev–Trinajstić information content (AvgIpc) is 2.86. The van der Waals surface area contributed by atoms with Crippen molar-refractivity contribution in [1.82, 2.24) is 9.97 Å². The highest BCUT2D eigenvalue weighted by molar-refractivity contribution is 5.93. The first-order valence-electron chi connectivity index (χ1n) is 10.5. The van der Waals surface area contributed by atoms with Crippen LogP contribution in [0.4, 0.5) is 0 Å². The molecule has 6 rings (SSSR count). The highest BCUT2D eigenvalue weighted by Gasteiger charge is 1.97. The Labute approximate surface area is 203 Å². The lowest BCUT2D eigenvalue weighted by molar-refractivity contribution is -0.742. The van der Waals surface area contributed by atoms with E-state index >= 15 is 0 Å². The van der Waals surface area contributed by atoms with Crippen molar-refractivity contribution in [2.75, 3.05) is 0 Å². The summed E-state index contributed by atoms with van der Waals surface area (Å²) in [5, 5.41) is 32.1. The third-order valence-corrected chi connectivity index (χ3v) is 4.85. The molecular weight excluding hydrogens is 464 g/mol. The largest absolute Gasteiger partial charge is 0.328 e. The van der Waals surface area contributed by atoms with Crippen LogP contribution in [0.25, 0.3) is 43.6 Å². The molecule has 10 nitrogen and oxygen atoms in total. The van der Waals surface area contributed by atoms with E-state index in [2.05, 4.69) is 46.4 Å². The summed E-state index contributed by atoms with van der Waals surface area (Å²) < 4.78 is 0. The average molecular weight is 484 g/mol. The SMILES string of the molecule is O=[N+]([O-])O.O=[N+]([O-])O.c1ccc2nc3ccccc3cc2c1.c1ccc2nc3ccccc3cc2c1. The predicted molar refractivity (Wildman–Crippen MR) is 136 cm³/mol. The summed E-state index contributed by atoms with van der Waals surface area (Å²) in [4.78, 5) is 25.9. The monoisotopic (exact) mass is 484 g/mol. The first kappa shape index (κ1) is 25.2. The van der Waals surface area contributed by atoms with E-state index in [-0.39, 0.29) is 0 Å². The fraction of sp³-hybridized carbons (Fsp3) is 0. The van der Waals surface area contributed by atoms with E-state index < -0.39 is 10.2 Å². The van der Waals surface area contributed by atoms with Gasteiger partial charge in [-0.05, 0) is 36.4 Å². The lowest BCUT2D eigenvalue weighted by atomic mass is 10.1. The van der Waals surface area contributed by atoms with E-state index in [9.17, 15) is 0 Å². The van der Waals surface area contributed by atoms with Gasteiger partial charge in [-0.15, -0.1) is 20.2 Å². The van der Waals surface area contributed by atoms with Gasteiger partial charge in [0.25, 0.3) is 10.2 Å². The molecule has 0 aliphatic heterocycles. The van der Waals surface area contributed by atoms with E-state index in [1.807, 2.05) is 72.8 Å². The minimum absolute atomic E-state index is 1.06. The highest BCUT2D eigenvalue weighted by atomic mass is 16.9. The van der Waals surface area contributed by atoms with Gasteiger partial charge in [0.2, 0.25) is 0 Å². The molecular formula is C26H20N4O6. The molecule has 0 saturated carbocycles. The molecule has 0 unspecified atom stereocenters. The van der Waals surface area contributed by atoms with E-state index in [1.165, 1.54) is 21.5 Å². The normalized spacial score (nSPS) is 9.78. The number of nitrogens with zero attached hydrogens (tertiary/aromatic N) is 4. The predicted octanol–water partition coefficient (Wildman–Crippen LogP) is 6.08. The van der Waals surface area contributed by atoms with Crippen LogP contribution in [0.5, 0.6) is 0 Å². The van der Waals surface area contributed by atoms with Gasteiger partial charge in [-0.25, -0.2) is 9.97 Å². The van der Waals surface area contributed by atoms with Crippen molar-refractivity contribution in [3.05, 3.63) is 129 Å². The Hall–Kier alpha value is -5.38. The van der Waals surface area contributed by atoms with Gasteiger partial charge in [-0.1, -0.05) is 72.8 Å². The van der Waals surface area contributed by atoms with Crippen molar-refractivity contribution < 1.29 is 20.6 Å². The van der Waals surface area contributed by atoms with Crippen LogP contribution in [0, 0.1) is 20.2 Å². The molecule has 0 saturated heterocycles. The smallest absolute Gasteiger partial charge is 0.291 e. The molecule has 2 aromatic heterocycles. The minimum atomic E-state index is -1.50. The van der Waals surface area contributed by atoms with Gasteiger partial charge in [0.15, 0.2) is 0 Å². The maximum Gasteiger partial charge on any atom is 0.291 e. The number of hydrogen-bond acceptors (Lipinski definition) is 6. The van der Waals surface area contributed by atoms with Crippen molar-refractivity contribution >= 4 is 43.6 Å². The second-order valence-corrected chi connectivity index (χ2v) is 7.22. The Morgan fingerprint density at radius 3 is 0.889 bits per heavy atom. The second kappa shape index (κ2) is 12.2.